The molecule has 1 amide bonds. The highest BCUT2D eigenvalue weighted by Crippen LogP contribution is 2.49. The Bertz CT molecular complexity index is 1590. The smallest absolute Gasteiger partial charge is 0.269 e. The molecule has 0 aliphatic heterocycles. The molecule has 3 atom stereocenters. The third-order valence-electron chi connectivity index (χ3n) is 7.28. The number of aromatic nitrogens is 1. The summed E-state index contributed by atoms with van der Waals surface area (Å²) in [5.41, 5.74) is 1.92. The van der Waals surface area contributed by atoms with E-state index in [1.54, 1.807) is 50.2 Å². The third kappa shape index (κ3) is 6.04. The number of hydrogen-bond acceptors (Lipinski definition) is 9. The Kier molecular flexibility index (Phi) is 8.37. The molecule has 210 valence electrons. The Morgan fingerprint density at radius 3 is 2.34 bits per heavy atom. The molecule has 2 aromatic carbocycles. The van der Waals surface area contributed by atoms with Crippen molar-refractivity contribution < 1.29 is 24.4 Å². The maximum Gasteiger partial charge on any atom is 0.269 e. The van der Waals surface area contributed by atoms with Crippen LogP contribution in [0.4, 0.5) is 11.4 Å². The number of carbonyl (C=O) groups excluding carboxylic acids is 3. The Hall–Kier alpha value is -4.40. The van der Waals surface area contributed by atoms with E-state index in [4.69, 9.17) is 0 Å². The highest BCUT2D eigenvalue weighted by molar-refractivity contribution is 8.00. The van der Waals surface area contributed by atoms with E-state index in [-0.39, 0.29) is 40.9 Å². The Balaban J connectivity index is 1.70. The van der Waals surface area contributed by atoms with Crippen molar-refractivity contribution in [3.05, 3.63) is 92.2 Å². The topological polar surface area (TPSA) is 163 Å². The molecule has 0 radical (unpaired) electrons. The lowest BCUT2D eigenvalue weighted by atomic mass is 9.62. The first-order chi connectivity index (χ1) is 19.3. The van der Waals surface area contributed by atoms with Gasteiger partial charge < -0.3 is 10.4 Å². The molecule has 41 heavy (non-hydrogen) atoms. The number of Topliss-reactive ketones (excluding diaryl/α,β-unsaturated/α-hetero) is 2. The molecule has 3 unspecified atom stereocenters. The molecule has 1 aromatic heterocycles. The minimum Gasteiger partial charge on any atom is -0.389 e. The Morgan fingerprint density at radius 2 is 1.80 bits per heavy atom. The summed E-state index contributed by atoms with van der Waals surface area (Å²) in [7, 11) is 0. The van der Waals surface area contributed by atoms with Gasteiger partial charge in [0.05, 0.1) is 27.8 Å². The monoisotopic (exact) mass is 572 g/mol. The predicted molar refractivity (Wildman–Crippen MR) is 153 cm³/mol. The fourth-order valence-corrected chi connectivity index (χ4v) is 6.37. The van der Waals surface area contributed by atoms with Crippen molar-refractivity contribution >= 4 is 40.6 Å². The molecule has 11 heteroatoms. The molecule has 1 heterocycles. The number of rotatable bonds is 8. The van der Waals surface area contributed by atoms with E-state index in [1.807, 2.05) is 0 Å². The Morgan fingerprint density at radius 1 is 1.17 bits per heavy atom. The number of aliphatic hydroxyl groups is 1. The third-order valence-corrected chi connectivity index (χ3v) is 8.25. The van der Waals surface area contributed by atoms with E-state index in [9.17, 15) is 34.9 Å². The van der Waals surface area contributed by atoms with E-state index in [0.29, 0.717) is 38.7 Å². The van der Waals surface area contributed by atoms with Crippen LogP contribution < -0.4 is 5.32 Å². The zero-order valence-electron chi connectivity index (χ0n) is 22.9. The lowest BCUT2D eigenvalue weighted by Gasteiger charge is -2.43. The number of thioether (sulfide) groups is 1. The van der Waals surface area contributed by atoms with E-state index < -0.39 is 22.4 Å². The molecular formula is C30H28N4O6S. The van der Waals surface area contributed by atoms with Crippen LogP contribution in [-0.2, 0) is 16.0 Å². The van der Waals surface area contributed by atoms with Gasteiger partial charge in [0, 0.05) is 41.4 Å². The molecule has 2 N–H and O–H groups in total. The molecule has 0 saturated heterocycles. The maximum atomic E-state index is 12.9. The number of nitrogens with one attached hydrogen (secondary N) is 1. The summed E-state index contributed by atoms with van der Waals surface area (Å²) in [6.07, 6.45) is 0.0184. The van der Waals surface area contributed by atoms with Gasteiger partial charge in [0.1, 0.15) is 16.9 Å². The maximum absolute atomic E-state index is 12.9. The van der Waals surface area contributed by atoms with Crippen LogP contribution in [0.2, 0.25) is 0 Å². The molecule has 0 saturated carbocycles. The number of aryl methyl sites for hydroxylation is 1. The number of nitriles is 1. The molecule has 1 aliphatic rings. The van der Waals surface area contributed by atoms with E-state index in [1.165, 1.54) is 26.0 Å². The van der Waals surface area contributed by atoms with Gasteiger partial charge in [-0.05, 0) is 68.7 Å². The highest BCUT2D eigenvalue weighted by Gasteiger charge is 2.49. The average Bonchev–Trinajstić information content (AvgIpc) is 2.90. The quantitative estimate of drug-likeness (QED) is 0.168. The largest absolute Gasteiger partial charge is 0.389 e. The summed E-state index contributed by atoms with van der Waals surface area (Å²) < 4.78 is 0. The van der Waals surface area contributed by atoms with E-state index in [2.05, 4.69) is 16.4 Å². The molecule has 0 bridgehead atoms. The van der Waals surface area contributed by atoms with Gasteiger partial charge in [-0.25, -0.2) is 4.98 Å². The van der Waals surface area contributed by atoms with E-state index in [0.717, 1.165) is 11.8 Å². The summed E-state index contributed by atoms with van der Waals surface area (Å²) in [5, 5.41) is 36.0. The van der Waals surface area contributed by atoms with Gasteiger partial charge in [-0.2, -0.15) is 5.26 Å². The van der Waals surface area contributed by atoms with Gasteiger partial charge in [0.25, 0.3) is 5.69 Å². The second kappa shape index (κ2) is 11.6. The molecule has 0 spiro atoms. The highest BCUT2D eigenvalue weighted by atomic mass is 32.2. The van der Waals surface area contributed by atoms with Crippen molar-refractivity contribution in [2.24, 2.45) is 5.92 Å². The van der Waals surface area contributed by atoms with Crippen LogP contribution in [-0.4, -0.2) is 43.8 Å². The van der Waals surface area contributed by atoms with Crippen molar-refractivity contribution in [1.29, 1.82) is 5.26 Å². The van der Waals surface area contributed by atoms with Gasteiger partial charge in [-0.3, -0.25) is 24.5 Å². The first-order valence-electron chi connectivity index (χ1n) is 12.8. The first kappa shape index (κ1) is 29.6. The van der Waals surface area contributed by atoms with Crippen LogP contribution >= 0.6 is 11.8 Å². The molecule has 0 fully saturated rings. The number of anilines is 1. The minimum atomic E-state index is -1.52. The minimum absolute atomic E-state index is 0.0184. The number of non-ortho nitro benzene ring substituents is 1. The van der Waals surface area contributed by atoms with Crippen molar-refractivity contribution in [3.63, 3.8) is 0 Å². The number of benzene rings is 2. The molecule has 1 aliphatic carbocycles. The number of fused-ring (bicyclic) bond motifs is 1. The van der Waals surface area contributed by atoms with Gasteiger partial charge in [-0.1, -0.05) is 23.9 Å². The van der Waals surface area contributed by atoms with Crippen molar-refractivity contribution in [2.45, 2.75) is 50.7 Å². The van der Waals surface area contributed by atoms with E-state index >= 15 is 0 Å². The predicted octanol–water partition coefficient (Wildman–Crippen LogP) is 4.75. The van der Waals surface area contributed by atoms with Crippen LogP contribution in [0.15, 0.2) is 53.6 Å². The molecule has 3 aromatic rings. The summed E-state index contributed by atoms with van der Waals surface area (Å²) in [6.45, 7) is 6.15. The number of pyridine rings is 1. The fraction of sp³-hybridized carbons (Fsp3) is 0.300. The summed E-state index contributed by atoms with van der Waals surface area (Å²) in [6, 6.07) is 14.5. The van der Waals surface area contributed by atoms with Crippen molar-refractivity contribution in [2.75, 3.05) is 11.1 Å². The molecule has 10 nitrogen and oxygen atoms in total. The average molecular weight is 573 g/mol. The van der Waals surface area contributed by atoms with Crippen molar-refractivity contribution in [3.8, 4) is 6.07 Å². The number of carbonyl (C=O) groups is 3. The normalized spacial score (nSPS) is 19.5. The van der Waals surface area contributed by atoms with Gasteiger partial charge in [0.15, 0.2) is 5.78 Å². The first-order valence-corrected chi connectivity index (χ1v) is 13.8. The standard InChI is InChI=1S/C30H28N4O6S/c1-16-26-23(13-30(4,38)28(18(3)36)27(26)20-7-11-22(12-8-20)34(39)40)24(14-31)29(32-16)41-15-25(37)33-21-9-5-19(6-10-21)17(2)35/h5-12,27-28,38H,13,15H2,1-4H3,(H,33,37). The Labute approximate surface area is 241 Å². The number of nitrogens with zero attached hydrogens (tertiary/aromatic N) is 3. The van der Waals surface area contributed by atoms with Crippen LogP contribution in [0.1, 0.15) is 65.0 Å². The zero-order valence-corrected chi connectivity index (χ0v) is 23.7. The SMILES string of the molecule is CC(=O)c1ccc(NC(=O)CSc2nc(C)c3c(c2C#N)CC(C)(O)C(C(C)=O)C3c2ccc([N+](=O)[O-])cc2)cc1. The van der Waals surface area contributed by atoms with Gasteiger partial charge >= 0.3 is 0 Å². The van der Waals surface area contributed by atoms with Crippen molar-refractivity contribution in [1.82, 2.24) is 4.98 Å². The molecule has 4 rings (SSSR count). The number of amides is 1. The number of nitro groups is 1. The van der Waals surface area contributed by atoms with Crippen LogP contribution in [0.5, 0.6) is 0 Å². The second-order valence-electron chi connectivity index (χ2n) is 10.3. The zero-order chi connectivity index (χ0) is 30.1. The second-order valence-corrected chi connectivity index (χ2v) is 11.3. The fourth-order valence-electron chi connectivity index (χ4n) is 5.51. The number of hydrogen-bond donors (Lipinski definition) is 2. The van der Waals surface area contributed by atoms with Crippen LogP contribution in [0, 0.1) is 34.3 Å². The summed E-state index contributed by atoms with van der Waals surface area (Å²) in [4.78, 5) is 52.4. The van der Waals surface area contributed by atoms with Gasteiger partial charge in [-0.15, -0.1) is 0 Å². The number of nitro benzene ring substituents is 1. The summed E-state index contributed by atoms with van der Waals surface area (Å²) >= 11 is 1.08. The van der Waals surface area contributed by atoms with Gasteiger partial charge in [0.2, 0.25) is 5.91 Å². The lowest BCUT2D eigenvalue weighted by Crippen LogP contribution is -2.48. The van der Waals surface area contributed by atoms with Crippen LogP contribution in [0.25, 0.3) is 0 Å². The number of ketones is 2. The van der Waals surface area contributed by atoms with Crippen LogP contribution in [0.3, 0.4) is 0 Å². The molecular weight excluding hydrogens is 544 g/mol. The lowest BCUT2D eigenvalue weighted by molar-refractivity contribution is -0.384. The summed E-state index contributed by atoms with van der Waals surface area (Å²) in [5.74, 6) is -2.28.